The van der Waals surface area contributed by atoms with Gasteiger partial charge >= 0.3 is 0 Å². The smallest absolute Gasteiger partial charge is 0.243 e. The molecule has 1 aliphatic carbocycles. The second-order valence-corrected chi connectivity index (χ2v) is 14.5. The Morgan fingerprint density at radius 2 is 1.62 bits per heavy atom. The van der Waals surface area contributed by atoms with Gasteiger partial charge in [0.2, 0.25) is 21.8 Å². The number of carbonyl (C=O) groups is 2. The van der Waals surface area contributed by atoms with Crippen molar-refractivity contribution in [3.05, 3.63) is 99.5 Å². The zero-order chi connectivity index (χ0) is 32.4. The van der Waals surface area contributed by atoms with E-state index in [9.17, 15) is 18.0 Å². The third-order valence-corrected chi connectivity index (χ3v) is 10.1. The Labute approximate surface area is 278 Å². The van der Waals surface area contributed by atoms with E-state index in [0.29, 0.717) is 27.7 Å². The van der Waals surface area contributed by atoms with Gasteiger partial charge in [0.1, 0.15) is 6.04 Å². The zero-order valence-corrected chi connectivity index (χ0v) is 28.4. The van der Waals surface area contributed by atoms with Crippen molar-refractivity contribution >= 4 is 50.7 Å². The molecule has 1 fully saturated rings. The number of halogens is 2. The Hall–Kier alpha value is -3.07. The maximum atomic E-state index is 14.1. The molecule has 7 nitrogen and oxygen atoms in total. The van der Waals surface area contributed by atoms with Gasteiger partial charge in [-0.1, -0.05) is 97.9 Å². The fraction of sp³-hybridized carbons (Fsp3) is 0.429. The van der Waals surface area contributed by atoms with E-state index >= 15 is 0 Å². The van der Waals surface area contributed by atoms with E-state index in [0.717, 1.165) is 49.7 Å². The van der Waals surface area contributed by atoms with Gasteiger partial charge in [0.15, 0.2) is 0 Å². The van der Waals surface area contributed by atoms with Gasteiger partial charge < -0.3 is 10.2 Å². The molecule has 10 heteroatoms. The van der Waals surface area contributed by atoms with E-state index < -0.39 is 16.1 Å². The fourth-order valence-corrected chi connectivity index (χ4v) is 7.27. The number of hydrogen-bond donors (Lipinski definition) is 1. The van der Waals surface area contributed by atoms with Crippen molar-refractivity contribution in [2.45, 2.75) is 83.3 Å². The Morgan fingerprint density at radius 3 is 2.24 bits per heavy atom. The third-order valence-electron chi connectivity index (χ3n) is 8.36. The maximum Gasteiger partial charge on any atom is 0.243 e. The summed E-state index contributed by atoms with van der Waals surface area (Å²) in [6, 6.07) is 21.5. The van der Waals surface area contributed by atoms with Crippen molar-refractivity contribution < 1.29 is 18.0 Å². The molecular formula is C35H43Cl2N3O4S. The van der Waals surface area contributed by atoms with E-state index in [1.54, 1.807) is 35.2 Å². The minimum atomic E-state index is -3.59. The molecule has 0 radical (unpaired) electrons. The molecule has 0 bridgehead atoms. The molecule has 242 valence electrons. The van der Waals surface area contributed by atoms with E-state index in [1.165, 1.54) is 10.6 Å². The lowest BCUT2D eigenvalue weighted by atomic mass is 9.94. The van der Waals surface area contributed by atoms with Crippen molar-refractivity contribution in [1.29, 1.82) is 0 Å². The van der Waals surface area contributed by atoms with Crippen molar-refractivity contribution in [3.8, 4) is 0 Å². The molecule has 45 heavy (non-hydrogen) atoms. The van der Waals surface area contributed by atoms with Crippen molar-refractivity contribution in [2.75, 3.05) is 17.1 Å². The molecule has 0 aliphatic heterocycles. The monoisotopic (exact) mass is 671 g/mol. The number of nitrogens with zero attached hydrogens (tertiary/aromatic N) is 2. The summed E-state index contributed by atoms with van der Waals surface area (Å²) in [5.74, 6) is -0.450. The first kappa shape index (κ1) is 34.8. The van der Waals surface area contributed by atoms with Gasteiger partial charge in [-0.15, -0.1) is 0 Å². The third kappa shape index (κ3) is 10.2. The highest BCUT2D eigenvalue weighted by Gasteiger charge is 2.32. The van der Waals surface area contributed by atoms with Gasteiger partial charge in [0.05, 0.1) is 11.9 Å². The number of aryl methyl sites for hydroxylation is 1. The quantitative estimate of drug-likeness (QED) is 0.197. The van der Waals surface area contributed by atoms with Gasteiger partial charge in [0.25, 0.3) is 0 Å². The van der Waals surface area contributed by atoms with Gasteiger partial charge in [-0.3, -0.25) is 13.9 Å². The van der Waals surface area contributed by atoms with E-state index in [1.807, 2.05) is 49.4 Å². The second-order valence-electron chi connectivity index (χ2n) is 11.8. The highest BCUT2D eigenvalue weighted by molar-refractivity contribution is 7.92. The summed E-state index contributed by atoms with van der Waals surface area (Å²) in [6.45, 7) is 2.28. The number of rotatable bonds is 14. The summed E-state index contributed by atoms with van der Waals surface area (Å²) in [5, 5.41) is 4.12. The minimum Gasteiger partial charge on any atom is -0.352 e. The van der Waals surface area contributed by atoms with Crippen LogP contribution in [0.15, 0.2) is 72.8 Å². The lowest BCUT2D eigenvalue weighted by Crippen LogP contribution is -2.53. The molecule has 1 aliphatic rings. The summed E-state index contributed by atoms with van der Waals surface area (Å²) in [7, 11) is -3.59. The molecular weight excluding hydrogens is 629 g/mol. The first-order valence-electron chi connectivity index (χ1n) is 15.7. The molecule has 0 aromatic heterocycles. The largest absolute Gasteiger partial charge is 0.352 e. The van der Waals surface area contributed by atoms with Crippen molar-refractivity contribution in [2.24, 2.45) is 0 Å². The topological polar surface area (TPSA) is 86.8 Å². The highest BCUT2D eigenvalue weighted by Crippen LogP contribution is 2.26. The van der Waals surface area contributed by atoms with Crippen LogP contribution < -0.4 is 9.62 Å². The van der Waals surface area contributed by atoms with Gasteiger partial charge in [-0.05, 0) is 66.6 Å². The van der Waals surface area contributed by atoms with Crippen LogP contribution in [-0.4, -0.2) is 50.0 Å². The summed E-state index contributed by atoms with van der Waals surface area (Å²) in [5.41, 5.74) is 3.27. The van der Waals surface area contributed by atoms with Crippen LogP contribution in [0.25, 0.3) is 0 Å². The number of nitrogens with one attached hydrogen (secondary N) is 1. The number of benzene rings is 3. The Morgan fingerprint density at radius 1 is 0.933 bits per heavy atom. The van der Waals surface area contributed by atoms with Crippen molar-refractivity contribution in [3.63, 3.8) is 0 Å². The first-order chi connectivity index (χ1) is 21.5. The molecule has 1 atom stereocenters. The standard InChI is InChI=1S/C35H43Cl2N3O4S/c1-3-26-16-20-31(21-17-26)40(45(2,43)44)22-10-15-34(41)39(25-28-18-19-29(36)24-32(28)37)33(23-27-11-6-4-7-12-27)35(42)38-30-13-8-5-9-14-30/h4,6-7,11-12,16-21,24,30,33H,3,5,8-10,13-15,22-23,25H2,1-2H3,(H,38,42). The number of anilines is 1. The number of amides is 2. The molecule has 0 saturated heterocycles. The second kappa shape index (κ2) is 16.5. The zero-order valence-electron chi connectivity index (χ0n) is 26.1. The highest BCUT2D eigenvalue weighted by atomic mass is 35.5. The van der Waals surface area contributed by atoms with Crippen LogP contribution in [-0.2, 0) is 39.0 Å². The molecule has 2 amide bonds. The van der Waals surface area contributed by atoms with Crippen LogP contribution in [0.5, 0.6) is 0 Å². The predicted octanol–water partition coefficient (Wildman–Crippen LogP) is 7.19. The van der Waals surface area contributed by atoms with Crippen molar-refractivity contribution in [1.82, 2.24) is 10.2 Å². The van der Waals surface area contributed by atoms with Gasteiger partial charge in [0, 0.05) is 42.0 Å². The lowest BCUT2D eigenvalue weighted by molar-refractivity contribution is -0.141. The van der Waals surface area contributed by atoms with Crippen LogP contribution in [0, 0.1) is 0 Å². The number of hydrogen-bond acceptors (Lipinski definition) is 4. The summed E-state index contributed by atoms with van der Waals surface area (Å²) in [4.78, 5) is 29.7. The number of carbonyl (C=O) groups excluding carboxylic acids is 2. The predicted molar refractivity (Wildman–Crippen MR) is 183 cm³/mol. The van der Waals surface area contributed by atoms with Crippen LogP contribution >= 0.6 is 23.2 Å². The lowest BCUT2D eigenvalue weighted by Gasteiger charge is -2.34. The van der Waals surface area contributed by atoms with Gasteiger partial charge in [-0.25, -0.2) is 8.42 Å². The van der Waals surface area contributed by atoms with Crippen LogP contribution in [0.2, 0.25) is 10.0 Å². The van der Waals surface area contributed by atoms with E-state index in [4.69, 9.17) is 23.2 Å². The molecule has 1 N–H and O–H groups in total. The molecule has 4 rings (SSSR count). The molecule has 0 spiro atoms. The first-order valence-corrected chi connectivity index (χ1v) is 18.3. The Balaban J connectivity index is 1.60. The normalized spacial score (nSPS) is 14.5. The average Bonchev–Trinajstić information content (AvgIpc) is 3.02. The summed E-state index contributed by atoms with van der Waals surface area (Å²) >= 11 is 12.7. The maximum absolute atomic E-state index is 14.1. The SMILES string of the molecule is CCc1ccc(N(CCCC(=O)N(Cc2ccc(Cl)cc2Cl)C(Cc2ccccc2)C(=O)NC2CCCCC2)S(C)(=O)=O)cc1. The van der Waals surface area contributed by atoms with Crippen LogP contribution in [0.3, 0.4) is 0 Å². The molecule has 0 heterocycles. The molecule has 1 saturated carbocycles. The summed E-state index contributed by atoms with van der Waals surface area (Å²) < 4.78 is 26.8. The number of sulfonamides is 1. The van der Waals surface area contributed by atoms with E-state index in [2.05, 4.69) is 5.32 Å². The van der Waals surface area contributed by atoms with E-state index in [-0.39, 0.29) is 43.8 Å². The molecule has 3 aromatic rings. The molecule has 3 aromatic carbocycles. The fourth-order valence-electron chi connectivity index (χ4n) is 5.83. The Bertz CT molecular complexity index is 1530. The van der Waals surface area contributed by atoms with Crippen LogP contribution in [0.4, 0.5) is 5.69 Å². The minimum absolute atomic E-state index is 0.0479. The Kier molecular flexibility index (Phi) is 12.7. The summed E-state index contributed by atoms with van der Waals surface area (Å²) in [6.07, 6.45) is 7.79. The van der Waals surface area contributed by atoms with Gasteiger partial charge in [-0.2, -0.15) is 0 Å². The average molecular weight is 673 g/mol. The molecule has 1 unspecified atom stereocenters. The van der Waals surface area contributed by atoms with Crippen LogP contribution in [0.1, 0.15) is 68.6 Å².